The molecule has 0 spiro atoms. The number of nitrogens with zero attached hydrogens (tertiary/aromatic N) is 2. The second-order valence-corrected chi connectivity index (χ2v) is 20.5. The van der Waals surface area contributed by atoms with Crippen LogP contribution in [0.2, 0.25) is 0 Å². The van der Waals surface area contributed by atoms with E-state index in [4.69, 9.17) is 0 Å². The van der Waals surface area contributed by atoms with Crippen molar-refractivity contribution < 1.29 is 4.79 Å². The van der Waals surface area contributed by atoms with Crippen LogP contribution in [-0.4, -0.2) is 18.9 Å². The topological polar surface area (TPSA) is 23.6 Å². The summed E-state index contributed by atoms with van der Waals surface area (Å²) >= 11 is 3.80. The van der Waals surface area contributed by atoms with Gasteiger partial charge in [0, 0.05) is 44.5 Å². The van der Waals surface area contributed by atoms with Crippen molar-refractivity contribution in [1.29, 1.82) is 0 Å². The van der Waals surface area contributed by atoms with E-state index in [0.717, 1.165) is 38.8 Å². The predicted octanol–water partition coefficient (Wildman–Crippen LogP) is 18.8. The van der Waals surface area contributed by atoms with Gasteiger partial charge in [-0.3, -0.25) is 4.79 Å². The molecule has 0 fully saturated rings. The molecule has 2 heterocycles. The van der Waals surface area contributed by atoms with Crippen LogP contribution in [0.25, 0.3) is 0 Å². The van der Waals surface area contributed by atoms with E-state index in [1.165, 1.54) is 182 Å². The number of fused-ring (bicyclic) bond motifs is 4. The van der Waals surface area contributed by atoms with E-state index in [1.54, 1.807) is 0 Å². The number of rotatable bonds is 30. The maximum atomic E-state index is 15.6. The highest BCUT2D eigenvalue weighted by atomic mass is 32.2. The second-order valence-electron chi connectivity index (χ2n) is 18.3. The molecule has 0 aliphatic carbocycles. The quantitative estimate of drug-likeness (QED) is 0.0486. The minimum atomic E-state index is -0.110. The summed E-state index contributed by atoms with van der Waals surface area (Å²) in [6, 6.07) is 32.2. The molecule has 4 aromatic rings. The van der Waals surface area contributed by atoms with Crippen molar-refractivity contribution in [2.45, 2.75) is 213 Å². The van der Waals surface area contributed by atoms with Gasteiger partial charge in [0.15, 0.2) is 0 Å². The lowest BCUT2D eigenvalue weighted by Crippen LogP contribution is -2.24. The minimum Gasteiger partial charge on any atom is -0.340 e. The Labute approximate surface area is 387 Å². The molecule has 0 N–H and O–H groups in total. The summed E-state index contributed by atoms with van der Waals surface area (Å²) in [5, 5.41) is 0. The summed E-state index contributed by atoms with van der Waals surface area (Å²) in [5.74, 6) is 0.216. The highest BCUT2D eigenvalue weighted by Crippen LogP contribution is 2.51. The van der Waals surface area contributed by atoms with Gasteiger partial charge in [-0.2, -0.15) is 0 Å². The lowest BCUT2D eigenvalue weighted by Gasteiger charge is -2.34. The summed E-state index contributed by atoms with van der Waals surface area (Å²) in [7, 11) is 0. The molecule has 0 aromatic heterocycles. The zero-order valence-electron chi connectivity index (χ0n) is 39.2. The van der Waals surface area contributed by atoms with E-state index in [9.17, 15) is 0 Å². The van der Waals surface area contributed by atoms with Crippen LogP contribution in [0.3, 0.4) is 0 Å². The minimum absolute atomic E-state index is 0.110. The van der Waals surface area contributed by atoms with Gasteiger partial charge in [-0.1, -0.05) is 216 Å². The van der Waals surface area contributed by atoms with Crippen LogP contribution in [0.1, 0.15) is 205 Å². The van der Waals surface area contributed by atoms with E-state index in [1.807, 2.05) is 23.5 Å². The van der Waals surface area contributed by atoms with E-state index < -0.39 is 0 Å². The van der Waals surface area contributed by atoms with Gasteiger partial charge in [0.1, 0.15) is 5.78 Å². The Morgan fingerprint density at radius 3 is 1.15 bits per heavy atom. The molecule has 3 nitrogen and oxygen atoms in total. The first kappa shape index (κ1) is 48.3. The van der Waals surface area contributed by atoms with Crippen LogP contribution < -0.4 is 9.80 Å². The third kappa shape index (κ3) is 13.4. The first-order chi connectivity index (χ1) is 30.6. The van der Waals surface area contributed by atoms with Crippen LogP contribution in [0, 0.1) is 0 Å². The van der Waals surface area contributed by atoms with Crippen LogP contribution in [0.15, 0.2) is 105 Å². The Bertz CT molecular complexity index is 1800. The average Bonchev–Trinajstić information content (AvgIpc) is 3.30. The molecule has 6 rings (SSSR count). The van der Waals surface area contributed by atoms with Gasteiger partial charge in [0.2, 0.25) is 0 Å². The second kappa shape index (κ2) is 26.6. The van der Waals surface area contributed by atoms with E-state index in [-0.39, 0.29) is 11.8 Å². The van der Waals surface area contributed by atoms with Gasteiger partial charge in [-0.05, 0) is 85.3 Å². The van der Waals surface area contributed by atoms with Crippen molar-refractivity contribution in [3.8, 4) is 0 Å². The monoisotopic (exact) mass is 873 g/mol. The highest BCUT2D eigenvalue weighted by Gasteiger charge is 2.33. The molecular weight excluding hydrogens is 793 g/mol. The van der Waals surface area contributed by atoms with Gasteiger partial charge in [0.25, 0.3) is 0 Å². The fourth-order valence-electron chi connectivity index (χ4n) is 9.81. The number of carbonyl (C=O) groups is 1. The summed E-state index contributed by atoms with van der Waals surface area (Å²) in [4.78, 5) is 26.0. The lowest BCUT2D eigenvalue weighted by atomic mass is 9.78. The maximum absolute atomic E-state index is 15.6. The number of unbranched alkanes of at least 4 members (excludes halogenated alkanes) is 18. The fraction of sp³-hybridized carbons (Fsp3) is 0.561. The molecule has 0 saturated heterocycles. The van der Waals surface area contributed by atoms with Crippen molar-refractivity contribution in [1.82, 2.24) is 0 Å². The van der Waals surface area contributed by atoms with Crippen molar-refractivity contribution in [3.63, 3.8) is 0 Å². The van der Waals surface area contributed by atoms with Crippen molar-refractivity contribution in [2.75, 3.05) is 22.9 Å². The Balaban J connectivity index is 1.30. The molecular formula is C57H80N2OS2. The summed E-state index contributed by atoms with van der Waals surface area (Å²) in [6.45, 7) is 11.2. The average molecular weight is 873 g/mol. The molecule has 2 aliphatic heterocycles. The van der Waals surface area contributed by atoms with Crippen molar-refractivity contribution in [2.24, 2.45) is 0 Å². The molecule has 0 amide bonds. The van der Waals surface area contributed by atoms with E-state index in [0.29, 0.717) is 5.78 Å². The van der Waals surface area contributed by atoms with Crippen LogP contribution in [0.5, 0.6) is 0 Å². The third-order valence-corrected chi connectivity index (χ3v) is 15.7. The molecule has 2 atom stereocenters. The molecule has 2 unspecified atom stereocenters. The van der Waals surface area contributed by atoms with E-state index >= 15 is 4.79 Å². The first-order valence-electron chi connectivity index (χ1n) is 25.5. The fourth-order valence-corrected chi connectivity index (χ4v) is 12.1. The van der Waals surface area contributed by atoms with E-state index in [2.05, 4.69) is 122 Å². The van der Waals surface area contributed by atoms with Crippen LogP contribution in [0.4, 0.5) is 22.7 Å². The van der Waals surface area contributed by atoms with Gasteiger partial charge in [-0.15, -0.1) is 0 Å². The molecule has 2 aliphatic rings. The number of carbonyl (C=O) groups excluding carboxylic acids is 1. The normalized spacial score (nSPS) is 13.9. The van der Waals surface area contributed by atoms with Crippen LogP contribution in [-0.2, 0) is 4.79 Å². The predicted molar refractivity (Wildman–Crippen MR) is 272 cm³/mol. The number of hydrogen-bond donors (Lipinski definition) is 0. The summed E-state index contributed by atoms with van der Waals surface area (Å²) in [6.07, 6.45) is 29.5. The molecule has 0 radical (unpaired) electrons. The summed E-state index contributed by atoms with van der Waals surface area (Å²) < 4.78 is 0. The Morgan fingerprint density at radius 1 is 0.403 bits per heavy atom. The Hall–Kier alpha value is -3.15. The van der Waals surface area contributed by atoms with Gasteiger partial charge in [-0.25, -0.2) is 0 Å². The molecule has 336 valence electrons. The maximum Gasteiger partial charge on any atom is 0.147 e. The van der Waals surface area contributed by atoms with Gasteiger partial charge < -0.3 is 9.80 Å². The zero-order valence-corrected chi connectivity index (χ0v) is 40.9. The number of para-hydroxylation sites is 2. The molecule has 5 heteroatoms. The largest absolute Gasteiger partial charge is 0.340 e. The number of hydrogen-bond acceptors (Lipinski definition) is 5. The smallest absolute Gasteiger partial charge is 0.147 e. The first-order valence-corrected chi connectivity index (χ1v) is 27.1. The lowest BCUT2D eigenvalue weighted by molar-refractivity contribution is -0.122. The number of benzene rings is 4. The van der Waals surface area contributed by atoms with Gasteiger partial charge >= 0.3 is 0 Å². The highest BCUT2D eigenvalue weighted by molar-refractivity contribution is 8.00. The molecule has 0 saturated carbocycles. The Morgan fingerprint density at radius 2 is 0.742 bits per heavy atom. The SMILES string of the molecule is CCCCCCCCN1c2ccccc2Sc2cc(C(CCCCCCC)C(=O)C(CCCCCCC)c3ccc4c(c3)Sc3ccccc3N4CCCCCCCC)ccc21. The van der Waals surface area contributed by atoms with Crippen molar-refractivity contribution in [3.05, 3.63) is 96.1 Å². The van der Waals surface area contributed by atoms with Crippen molar-refractivity contribution >= 4 is 52.1 Å². The Kier molecular flexibility index (Phi) is 20.7. The standard InChI is InChI=1S/C57H80N2OS2/c1-5-9-13-17-21-29-41-58-49-33-25-27-35-53(49)61-55-43-45(37-39-51(55)58)47(31-23-19-15-11-7-3)57(60)48(32-24-20-16-12-8-4)46-38-40-52-56(44-46)62-54-36-28-26-34-50(54)59(52)42-30-22-18-14-10-6-2/h25-28,33-40,43-44,47-48H,5-24,29-32,41-42H2,1-4H3. The molecule has 4 aromatic carbocycles. The number of Topliss-reactive ketones (excluding diaryl/α,β-unsaturated/α-hetero) is 1. The number of anilines is 4. The zero-order chi connectivity index (χ0) is 43.4. The number of ketones is 1. The molecule has 0 bridgehead atoms. The summed E-state index contributed by atoms with van der Waals surface area (Å²) in [5.41, 5.74) is 7.72. The third-order valence-electron chi connectivity index (χ3n) is 13.5. The van der Waals surface area contributed by atoms with Gasteiger partial charge in [0.05, 0.1) is 22.7 Å². The van der Waals surface area contributed by atoms with Crippen LogP contribution >= 0.6 is 23.5 Å². The molecule has 62 heavy (non-hydrogen) atoms.